The lowest BCUT2D eigenvalue weighted by Crippen LogP contribution is -2.45. The first-order valence-corrected chi connectivity index (χ1v) is 5.95. The van der Waals surface area contributed by atoms with E-state index in [2.05, 4.69) is 0 Å². The Morgan fingerprint density at radius 3 is 2.53 bits per heavy atom. The van der Waals surface area contributed by atoms with Gasteiger partial charge in [0.1, 0.15) is 5.75 Å². The largest absolute Gasteiger partial charge is 0.481 e. The van der Waals surface area contributed by atoms with Crippen LogP contribution in [0.2, 0.25) is 0 Å². The molecule has 0 saturated heterocycles. The Labute approximate surface area is 111 Å². The lowest BCUT2D eigenvalue weighted by atomic mass is 10.2. The van der Waals surface area contributed by atoms with Gasteiger partial charge in [0.25, 0.3) is 5.91 Å². The van der Waals surface area contributed by atoms with Gasteiger partial charge < -0.3 is 15.4 Å². The van der Waals surface area contributed by atoms with Crippen molar-refractivity contribution in [3.8, 4) is 5.75 Å². The van der Waals surface area contributed by atoms with Gasteiger partial charge in [0.15, 0.2) is 17.7 Å². The lowest BCUT2D eigenvalue weighted by molar-refractivity contribution is -0.138. The third kappa shape index (κ3) is 3.89. The molecule has 6 heteroatoms. The van der Waals surface area contributed by atoms with E-state index in [1.165, 1.54) is 11.0 Å². The summed E-state index contributed by atoms with van der Waals surface area (Å²) in [6.07, 6.45) is -0.802. The van der Waals surface area contributed by atoms with Crippen LogP contribution in [-0.4, -0.2) is 36.5 Å². The molecule has 2 atom stereocenters. The first kappa shape index (κ1) is 15.4. The number of likely N-dealkylation sites (N-methyl/N-ethyl adjacent to an activating group) is 1. The van der Waals surface area contributed by atoms with Gasteiger partial charge in [-0.1, -0.05) is 0 Å². The van der Waals surface area contributed by atoms with Gasteiger partial charge in [-0.25, -0.2) is 8.78 Å². The van der Waals surface area contributed by atoms with Crippen molar-refractivity contribution in [3.05, 3.63) is 29.8 Å². The number of benzene rings is 1. The minimum Gasteiger partial charge on any atom is -0.481 e. The van der Waals surface area contributed by atoms with Crippen LogP contribution < -0.4 is 10.5 Å². The standard InChI is InChI=1S/C13H18F2N2O2/c1-8(7-16)17(3)13(18)9(2)19-10-4-5-11(14)12(15)6-10/h4-6,8-9H,7,16H2,1-3H3. The molecule has 1 amide bonds. The van der Waals surface area contributed by atoms with Crippen LogP contribution in [0.25, 0.3) is 0 Å². The van der Waals surface area contributed by atoms with Crippen LogP contribution in [0.15, 0.2) is 18.2 Å². The molecule has 2 unspecified atom stereocenters. The van der Waals surface area contributed by atoms with Crippen molar-refractivity contribution < 1.29 is 18.3 Å². The smallest absolute Gasteiger partial charge is 0.263 e. The SMILES string of the molecule is CC(Oc1ccc(F)c(F)c1)C(=O)N(C)C(C)CN. The fourth-order valence-electron chi connectivity index (χ4n) is 1.47. The second kappa shape index (κ2) is 6.47. The summed E-state index contributed by atoms with van der Waals surface area (Å²) in [5, 5.41) is 0. The molecule has 0 aliphatic rings. The van der Waals surface area contributed by atoms with Crippen molar-refractivity contribution in [1.82, 2.24) is 4.90 Å². The molecule has 1 rings (SSSR count). The average molecular weight is 272 g/mol. The molecular formula is C13H18F2N2O2. The summed E-state index contributed by atoms with van der Waals surface area (Å²) < 4.78 is 31.0. The van der Waals surface area contributed by atoms with Gasteiger partial charge in [-0.2, -0.15) is 0 Å². The third-order valence-electron chi connectivity index (χ3n) is 2.90. The first-order valence-electron chi connectivity index (χ1n) is 5.95. The van der Waals surface area contributed by atoms with Gasteiger partial charge in [0.2, 0.25) is 0 Å². The van der Waals surface area contributed by atoms with Gasteiger partial charge in [-0.05, 0) is 26.0 Å². The van der Waals surface area contributed by atoms with Crippen LogP contribution in [-0.2, 0) is 4.79 Å². The second-order valence-electron chi connectivity index (χ2n) is 4.37. The summed E-state index contributed by atoms with van der Waals surface area (Å²) in [6, 6.07) is 3.01. The Morgan fingerprint density at radius 1 is 1.37 bits per heavy atom. The number of hydrogen-bond donors (Lipinski definition) is 1. The van der Waals surface area contributed by atoms with Crippen molar-refractivity contribution in [2.75, 3.05) is 13.6 Å². The summed E-state index contributed by atoms with van der Waals surface area (Å²) >= 11 is 0. The van der Waals surface area contributed by atoms with Gasteiger partial charge in [0.05, 0.1) is 0 Å². The van der Waals surface area contributed by atoms with E-state index in [9.17, 15) is 13.6 Å². The molecule has 0 spiro atoms. The van der Waals surface area contributed by atoms with E-state index in [0.29, 0.717) is 6.54 Å². The van der Waals surface area contributed by atoms with E-state index in [-0.39, 0.29) is 17.7 Å². The third-order valence-corrected chi connectivity index (χ3v) is 2.90. The lowest BCUT2D eigenvalue weighted by Gasteiger charge is -2.26. The Bertz CT molecular complexity index is 454. The zero-order valence-electron chi connectivity index (χ0n) is 11.2. The van der Waals surface area contributed by atoms with Crippen LogP contribution in [0.4, 0.5) is 8.78 Å². The fraction of sp³-hybridized carbons (Fsp3) is 0.462. The molecule has 0 saturated carbocycles. The van der Waals surface area contributed by atoms with E-state index in [1.807, 2.05) is 6.92 Å². The van der Waals surface area contributed by atoms with E-state index in [1.54, 1.807) is 14.0 Å². The van der Waals surface area contributed by atoms with E-state index in [4.69, 9.17) is 10.5 Å². The van der Waals surface area contributed by atoms with Gasteiger partial charge in [-0.15, -0.1) is 0 Å². The number of carbonyl (C=O) groups is 1. The van der Waals surface area contributed by atoms with Crippen molar-refractivity contribution in [2.24, 2.45) is 5.73 Å². The molecule has 0 aliphatic carbocycles. The maximum atomic E-state index is 13.0. The highest BCUT2D eigenvalue weighted by atomic mass is 19.2. The van der Waals surface area contributed by atoms with Crippen molar-refractivity contribution >= 4 is 5.91 Å². The highest BCUT2D eigenvalue weighted by Crippen LogP contribution is 2.17. The molecule has 0 fully saturated rings. The Balaban J connectivity index is 2.70. The summed E-state index contributed by atoms with van der Waals surface area (Å²) in [5.74, 6) is -2.14. The Kier molecular flexibility index (Phi) is 5.23. The molecule has 0 radical (unpaired) electrons. The number of nitrogens with zero attached hydrogens (tertiary/aromatic N) is 1. The van der Waals surface area contributed by atoms with Crippen LogP contribution in [0, 0.1) is 11.6 Å². The fourth-order valence-corrected chi connectivity index (χ4v) is 1.47. The van der Waals surface area contributed by atoms with Crippen molar-refractivity contribution in [2.45, 2.75) is 26.0 Å². The molecule has 106 valence electrons. The number of rotatable bonds is 5. The zero-order chi connectivity index (χ0) is 14.6. The number of nitrogens with two attached hydrogens (primary N) is 1. The zero-order valence-corrected chi connectivity index (χ0v) is 11.2. The Hall–Kier alpha value is -1.69. The maximum Gasteiger partial charge on any atom is 0.263 e. The van der Waals surface area contributed by atoms with Crippen LogP contribution >= 0.6 is 0 Å². The maximum absolute atomic E-state index is 13.0. The van der Waals surface area contributed by atoms with E-state index in [0.717, 1.165) is 12.1 Å². The molecule has 0 heterocycles. The topological polar surface area (TPSA) is 55.6 Å². The number of ether oxygens (including phenoxy) is 1. The minimum atomic E-state index is -1.01. The molecule has 19 heavy (non-hydrogen) atoms. The number of amides is 1. The molecule has 2 N–H and O–H groups in total. The predicted molar refractivity (Wildman–Crippen MR) is 67.7 cm³/mol. The van der Waals surface area contributed by atoms with Crippen LogP contribution in [0.5, 0.6) is 5.75 Å². The summed E-state index contributed by atoms with van der Waals surface area (Å²) in [4.78, 5) is 13.4. The number of halogens is 2. The van der Waals surface area contributed by atoms with Crippen LogP contribution in [0.1, 0.15) is 13.8 Å². The monoisotopic (exact) mass is 272 g/mol. The average Bonchev–Trinajstić information content (AvgIpc) is 2.40. The molecule has 4 nitrogen and oxygen atoms in total. The number of hydrogen-bond acceptors (Lipinski definition) is 3. The molecule has 0 aliphatic heterocycles. The first-order chi connectivity index (χ1) is 8.86. The predicted octanol–water partition coefficient (Wildman–Crippen LogP) is 1.54. The normalized spacial score (nSPS) is 13.8. The molecule has 0 bridgehead atoms. The highest BCUT2D eigenvalue weighted by molar-refractivity contribution is 5.80. The van der Waals surface area contributed by atoms with Crippen molar-refractivity contribution in [3.63, 3.8) is 0 Å². The molecule has 0 aromatic heterocycles. The van der Waals surface area contributed by atoms with E-state index >= 15 is 0 Å². The number of carbonyl (C=O) groups excluding carboxylic acids is 1. The Morgan fingerprint density at radius 2 is 2.00 bits per heavy atom. The van der Waals surface area contributed by atoms with Crippen LogP contribution in [0.3, 0.4) is 0 Å². The van der Waals surface area contributed by atoms with Crippen molar-refractivity contribution in [1.29, 1.82) is 0 Å². The summed E-state index contributed by atoms with van der Waals surface area (Å²) in [6.45, 7) is 3.69. The molecular weight excluding hydrogens is 254 g/mol. The minimum absolute atomic E-state index is 0.105. The summed E-state index contributed by atoms with van der Waals surface area (Å²) in [7, 11) is 1.62. The quantitative estimate of drug-likeness (QED) is 0.884. The van der Waals surface area contributed by atoms with Gasteiger partial charge in [0, 0.05) is 25.7 Å². The molecule has 1 aromatic carbocycles. The highest BCUT2D eigenvalue weighted by Gasteiger charge is 2.22. The van der Waals surface area contributed by atoms with E-state index < -0.39 is 17.7 Å². The molecule has 1 aromatic rings. The van der Waals surface area contributed by atoms with Gasteiger partial charge in [-0.3, -0.25) is 4.79 Å². The summed E-state index contributed by atoms with van der Waals surface area (Å²) in [5.41, 5.74) is 5.47. The second-order valence-corrected chi connectivity index (χ2v) is 4.37. The van der Waals surface area contributed by atoms with Gasteiger partial charge >= 0.3 is 0 Å².